The molecule has 0 aliphatic carbocycles. The van der Waals surface area contributed by atoms with Gasteiger partial charge in [0, 0.05) is 16.1 Å². The number of benzene rings is 2. The molecular weight excluding hydrogens is 356 g/mol. The maximum Gasteiger partial charge on any atom is 0.328 e. The van der Waals surface area contributed by atoms with E-state index in [2.05, 4.69) is 15.9 Å². The molecule has 0 saturated carbocycles. The smallest absolute Gasteiger partial charge is 0.328 e. The van der Waals surface area contributed by atoms with E-state index in [4.69, 9.17) is 21.4 Å². The quantitative estimate of drug-likeness (QED) is 0.746. The van der Waals surface area contributed by atoms with Crippen molar-refractivity contribution in [2.45, 2.75) is 6.92 Å². The van der Waals surface area contributed by atoms with Gasteiger partial charge in [0.25, 0.3) is 0 Å². The van der Waals surface area contributed by atoms with Gasteiger partial charge in [-0.15, -0.1) is 0 Å². The van der Waals surface area contributed by atoms with E-state index in [1.165, 1.54) is 6.08 Å². The summed E-state index contributed by atoms with van der Waals surface area (Å²) in [5.74, 6) is 0.0348. The van der Waals surface area contributed by atoms with Crippen molar-refractivity contribution in [1.29, 1.82) is 0 Å². The number of carboxylic acids is 1. The molecule has 0 unspecified atom stereocenters. The second-order valence-corrected chi connectivity index (χ2v) is 5.60. The first-order valence-electron chi connectivity index (χ1n) is 6.11. The fourth-order valence-electron chi connectivity index (χ4n) is 1.72. The zero-order valence-electron chi connectivity index (χ0n) is 11.1. The number of ether oxygens (including phenoxy) is 1. The number of aryl methyl sites for hydroxylation is 1. The lowest BCUT2D eigenvalue weighted by molar-refractivity contribution is -0.131. The minimum absolute atomic E-state index is 0.420. The van der Waals surface area contributed by atoms with Gasteiger partial charge in [-0.05, 0) is 42.8 Å². The summed E-state index contributed by atoms with van der Waals surface area (Å²) in [4.78, 5) is 10.6. The van der Waals surface area contributed by atoms with E-state index < -0.39 is 5.97 Å². The fourth-order valence-corrected chi connectivity index (χ4v) is 2.19. The molecule has 0 bridgehead atoms. The second kappa shape index (κ2) is 6.78. The predicted molar refractivity (Wildman–Crippen MR) is 87.1 cm³/mol. The van der Waals surface area contributed by atoms with Crippen LogP contribution in [0, 0.1) is 6.92 Å². The van der Waals surface area contributed by atoms with Crippen LogP contribution >= 0.6 is 27.5 Å². The Morgan fingerprint density at radius 3 is 2.76 bits per heavy atom. The number of carbonyl (C=O) groups is 1. The molecule has 108 valence electrons. The average molecular weight is 368 g/mol. The van der Waals surface area contributed by atoms with Crippen molar-refractivity contribution in [3.05, 3.63) is 63.1 Å². The normalized spacial score (nSPS) is 10.8. The Bertz CT molecular complexity index is 711. The number of hydrogen-bond acceptors (Lipinski definition) is 2. The van der Waals surface area contributed by atoms with Gasteiger partial charge in [-0.3, -0.25) is 0 Å². The van der Waals surface area contributed by atoms with Crippen LogP contribution in [-0.4, -0.2) is 11.1 Å². The molecule has 0 heterocycles. The third kappa shape index (κ3) is 4.09. The summed E-state index contributed by atoms with van der Waals surface area (Å²) in [6.07, 6.45) is 2.50. The van der Waals surface area contributed by atoms with Crippen LogP contribution in [0.1, 0.15) is 11.1 Å². The van der Waals surface area contributed by atoms with Gasteiger partial charge in [0.1, 0.15) is 5.75 Å². The first-order chi connectivity index (χ1) is 9.97. The van der Waals surface area contributed by atoms with Gasteiger partial charge in [0.05, 0.1) is 5.02 Å². The van der Waals surface area contributed by atoms with Crippen LogP contribution in [-0.2, 0) is 4.79 Å². The van der Waals surface area contributed by atoms with Crippen LogP contribution in [0.4, 0.5) is 0 Å². The topological polar surface area (TPSA) is 46.5 Å². The van der Waals surface area contributed by atoms with E-state index in [0.717, 1.165) is 16.1 Å². The highest BCUT2D eigenvalue weighted by atomic mass is 79.9. The van der Waals surface area contributed by atoms with Gasteiger partial charge in [0.15, 0.2) is 5.75 Å². The third-order valence-electron chi connectivity index (χ3n) is 2.75. The van der Waals surface area contributed by atoms with Crippen LogP contribution in [0.3, 0.4) is 0 Å². The van der Waals surface area contributed by atoms with E-state index in [9.17, 15) is 4.79 Å². The molecule has 1 N–H and O–H groups in total. The Kier molecular flexibility index (Phi) is 5.04. The molecule has 2 aromatic rings. The molecule has 2 aromatic carbocycles. The van der Waals surface area contributed by atoms with Crippen LogP contribution in [0.5, 0.6) is 11.5 Å². The highest BCUT2D eigenvalue weighted by Gasteiger charge is 2.09. The summed E-state index contributed by atoms with van der Waals surface area (Å²) in [5, 5.41) is 9.15. The van der Waals surface area contributed by atoms with Gasteiger partial charge in [-0.1, -0.05) is 39.7 Å². The van der Waals surface area contributed by atoms with Crippen LogP contribution < -0.4 is 4.74 Å². The van der Waals surface area contributed by atoms with Crippen molar-refractivity contribution in [3.63, 3.8) is 0 Å². The van der Waals surface area contributed by atoms with Crippen molar-refractivity contribution < 1.29 is 14.6 Å². The summed E-state index contributed by atoms with van der Waals surface area (Å²) in [5.41, 5.74) is 1.63. The van der Waals surface area contributed by atoms with E-state index in [-0.39, 0.29) is 0 Å². The lowest BCUT2D eigenvalue weighted by Gasteiger charge is -2.11. The van der Waals surface area contributed by atoms with Crippen LogP contribution in [0.2, 0.25) is 5.02 Å². The molecule has 3 nitrogen and oxygen atoms in total. The molecule has 0 atom stereocenters. The Balaban J connectivity index is 2.38. The monoisotopic (exact) mass is 366 g/mol. The maximum atomic E-state index is 10.6. The van der Waals surface area contributed by atoms with Gasteiger partial charge in [-0.2, -0.15) is 0 Å². The number of rotatable bonds is 4. The SMILES string of the molecule is Cc1cc(Oc2c(Cl)cccc2/C=C/C(=O)O)ccc1Br. The van der Waals surface area contributed by atoms with Crippen molar-refractivity contribution >= 4 is 39.6 Å². The zero-order valence-corrected chi connectivity index (χ0v) is 13.5. The van der Waals surface area contributed by atoms with E-state index in [1.54, 1.807) is 18.2 Å². The molecule has 0 aromatic heterocycles. The summed E-state index contributed by atoms with van der Waals surface area (Å²) >= 11 is 9.58. The van der Waals surface area contributed by atoms with Crippen LogP contribution in [0.25, 0.3) is 6.08 Å². The first kappa shape index (κ1) is 15.6. The Hall–Kier alpha value is -1.78. The lowest BCUT2D eigenvalue weighted by atomic mass is 10.2. The summed E-state index contributed by atoms with van der Waals surface area (Å²) in [6, 6.07) is 10.7. The van der Waals surface area contributed by atoms with Crippen molar-refractivity contribution in [3.8, 4) is 11.5 Å². The number of aliphatic carboxylic acids is 1. The van der Waals surface area contributed by atoms with Gasteiger partial charge in [-0.25, -0.2) is 4.79 Å². The molecule has 0 fully saturated rings. The van der Waals surface area contributed by atoms with Crippen molar-refractivity contribution in [2.24, 2.45) is 0 Å². The zero-order chi connectivity index (χ0) is 15.4. The first-order valence-corrected chi connectivity index (χ1v) is 7.28. The molecule has 0 aliphatic heterocycles. The molecule has 0 radical (unpaired) electrons. The van der Waals surface area contributed by atoms with Crippen LogP contribution in [0.15, 0.2) is 46.9 Å². The minimum Gasteiger partial charge on any atom is -0.478 e. The molecule has 0 amide bonds. The lowest BCUT2D eigenvalue weighted by Crippen LogP contribution is -1.91. The van der Waals surface area contributed by atoms with Gasteiger partial charge < -0.3 is 9.84 Å². The summed E-state index contributed by atoms with van der Waals surface area (Å²) in [7, 11) is 0. The van der Waals surface area contributed by atoms with Crippen molar-refractivity contribution in [2.75, 3.05) is 0 Å². The Morgan fingerprint density at radius 1 is 1.33 bits per heavy atom. The minimum atomic E-state index is -1.03. The predicted octanol–water partition coefficient (Wildman–Crippen LogP) is 5.30. The maximum absolute atomic E-state index is 10.6. The molecule has 21 heavy (non-hydrogen) atoms. The Morgan fingerprint density at radius 2 is 2.10 bits per heavy atom. The number of halogens is 2. The largest absolute Gasteiger partial charge is 0.478 e. The molecular formula is C16H12BrClO3. The Labute approximate surface area is 135 Å². The molecule has 5 heteroatoms. The van der Waals surface area contributed by atoms with E-state index >= 15 is 0 Å². The van der Waals surface area contributed by atoms with Gasteiger partial charge >= 0.3 is 5.97 Å². The standard InChI is InChI=1S/C16H12BrClO3/c1-10-9-12(6-7-13(10)17)21-16-11(5-8-15(19)20)3-2-4-14(16)18/h2-9H,1H3,(H,19,20)/b8-5+. The second-order valence-electron chi connectivity index (χ2n) is 4.34. The fraction of sp³-hybridized carbons (Fsp3) is 0.0625. The number of hydrogen-bond donors (Lipinski definition) is 1. The summed E-state index contributed by atoms with van der Waals surface area (Å²) < 4.78 is 6.80. The highest BCUT2D eigenvalue weighted by Crippen LogP contribution is 2.34. The van der Waals surface area contributed by atoms with Gasteiger partial charge in [0.2, 0.25) is 0 Å². The summed E-state index contributed by atoms with van der Waals surface area (Å²) in [6.45, 7) is 1.95. The molecule has 0 aliphatic rings. The number of para-hydroxylation sites is 1. The molecule has 0 saturated heterocycles. The highest BCUT2D eigenvalue weighted by molar-refractivity contribution is 9.10. The average Bonchev–Trinajstić information content (AvgIpc) is 2.43. The number of carboxylic acid groups (broad SMARTS) is 1. The van der Waals surface area contributed by atoms with E-state index in [1.807, 2.05) is 25.1 Å². The third-order valence-corrected chi connectivity index (χ3v) is 3.94. The van der Waals surface area contributed by atoms with E-state index in [0.29, 0.717) is 22.1 Å². The van der Waals surface area contributed by atoms with Crippen molar-refractivity contribution in [1.82, 2.24) is 0 Å². The molecule has 2 rings (SSSR count). The molecule has 0 spiro atoms.